The van der Waals surface area contributed by atoms with Crippen molar-refractivity contribution < 1.29 is 23.6 Å². The number of methoxy groups -OCH3 is 2. The number of carbonyl (C=O) groups is 1. The van der Waals surface area contributed by atoms with Gasteiger partial charge in [-0.1, -0.05) is 23.4 Å². The number of para-hydroxylation sites is 1. The van der Waals surface area contributed by atoms with Crippen LogP contribution in [0.1, 0.15) is 28.7 Å². The van der Waals surface area contributed by atoms with Crippen molar-refractivity contribution in [3.63, 3.8) is 0 Å². The van der Waals surface area contributed by atoms with E-state index < -0.39 is 5.91 Å². The van der Waals surface area contributed by atoms with Crippen LogP contribution in [0.4, 0.5) is 5.82 Å². The molecule has 4 aromatic rings. The molecule has 0 aliphatic heterocycles. The maximum atomic E-state index is 13.0. The van der Waals surface area contributed by atoms with Crippen LogP contribution >= 0.6 is 0 Å². The smallest absolute Gasteiger partial charge is 0.293 e. The second-order valence-corrected chi connectivity index (χ2v) is 7.08. The van der Waals surface area contributed by atoms with Crippen molar-refractivity contribution in [2.75, 3.05) is 20.0 Å². The van der Waals surface area contributed by atoms with E-state index in [1.54, 1.807) is 44.4 Å². The summed E-state index contributed by atoms with van der Waals surface area (Å²) in [6.07, 6.45) is 0. The fraction of sp³-hybridized carbons (Fsp3) is 0.182. The first kappa shape index (κ1) is 23.2. The number of benzene rings is 2. The van der Waals surface area contributed by atoms with Crippen LogP contribution in [0.15, 0.2) is 58.3 Å². The fourth-order valence-corrected chi connectivity index (χ4v) is 3.10. The van der Waals surface area contributed by atoms with E-state index in [1.807, 2.05) is 18.2 Å². The van der Waals surface area contributed by atoms with Crippen LogP contribution in [0.25, 0.3) is 5.82 Å². The second-order valence-electron chi connectivity index (χ2n) is 7.08. The van der Waals surface area contributed by atoms with Crippen molar-refractivity contribution in [1.82, 2.24) is 30.7 Å². The third-order valence-electron chi connectivity index (χ3n) is 4.92. The van der Waals surface area contributed by atoms with Crippen molar-refractivity contribution >= 4 is 17.4 Å². The number of ether oxygens (including phenoxy) is 3. The molecule has 3 N–H and O–H groups in total. The summed E-state index contributed by atoms with van der Waals surface area (Å²) in [4.78, 5) is 13.0. The molecule has 0 fully saturated rings. The summed E-state index contributed by atoms with van der Waals surface area (Å²) in [5.74, 6) is 1.14. The summed E-state index contributed by atoms with van der Waals surface area (Å²) >= 11 is 0. The van der Waals surface area contributed by atoms with Crippen molar-refractivity contribution in [2.45, 2.75) is 13.5 Å². The maximum absolute atomic E-state index is 13.0. The largest absolute Gasteiger partial charge is 0.493 e. The summed E-state index contributed by atoms with van der Waals surface area (Å²) < 4.78 is 22.3. The molecule has 0 radical (unpaired) electrons. The van der Waals surface area contributed by atoms with Gasteiger partial charge < -0.3 is 19.9 Å². The van der Waals surface area contributed by atoms with Gasteiger partial charge in [0.15, 0.2) is 17.2 Å². The topological polar surface area (TPSA) is 165 Å². The highest BCUT2D eigenvalue weighted by Crippen LogP contribution is 2.27. The van der Waals surface area contributed by atoms with Gasteiger partial charge in [-0.15, -0.1) is 5.10 Å². The third kappa shape index (κ3) is 5.03. The fourth-order valence-electron chi connectivity index (χ4n) is 3.10. The minimum absolute atomic E-state index is 0.0230. The summed E-state index contributed by atoms with van der Waals surface area (Å²) in [6.45, 7) is 1.67. The maximum Gasteiger partial charge on any atom is 0.293 e. The summed E-state index contributed by atoms with van der Waals surface area (Å²) in [7, 11) is 3.09. The molecule has 2 aromatic heterocycles. The molecular weight excluding hydrogens is 456 g/mol. The van der Waals surface area contributed by atoms with Crippen LogP contribution in [0, 0.1) is 0 Å². The third-order valence-corrected chi connectivity index (χ3v) is 4.92. The van der Waals surface area contributed by atoms with Gasteiger partial charge in [0.25, 0.3) is 5.91 Å². The summed E-state index contributed by atoms with van der Waals surface area (Å²) in [6, 6.07) is 14.3. The number of carbonyl (C=O) groups excluding carboxylic acids is 1. The Balaban J connectivity index is 1.59. The molecule has 13 heteroatoms. The molecule has 35 heavy (non-hydrogen) atoms. The Hall–Kier alpha value is -4.94. The second kappa shape index (κ2) is 10.3. The number of rotatable bonds is 9. The van der Waals surface area contributed by atoms with Gasteiger partial charge in [-0.25, -0.2) is 10.1 Å². The van der Waals surface area contributed by atoms with Crippen LogP contribution < -0.4 is 25.4 Å². The Morgan fingerprint density at radius 1 is 1.11 bits per heavy atom. The molecule has 0 bridgehead atoms. The minimum atomic E-state index is -0.613. The van der Waals surface area contributed by atoms with Crippen LogP contribution in [0.2, 0.25) is 0 Å². The zero-order valence-corrected chi connectivity index (χ0v) is 19.1. The number of aromatic nitrogens is 5. The Labute approximate surface area is 199 Å². The lowest BCUT2D eigenvalue weighted by Gasteiger charge is -2.10. The van der Waals surface area contributed by atoms with Gasteiger partial charge >= 0.3 is 0 Å². The molecule has 13 nitrogen and oxygen atoms in total. The number of anilines is 1. The highest BCUT2D eigenvalue weighted by molar-refractivity contribution is 6.01. The molecule has 0 aliphatic rings. The van der Waals surface area contributed by atoms with Crippen molar-refractivity contribution in [1.29, 1.82) is 0 Å². The van der Waals surface area contributed by atoms with Crippen LogP contribution in [0.5, 0.6) is 17.2 Å². The van der Waals surface area contributed by atoms with E-state index in [4.69, 9.17) is 19.9 Å². The van der Waals surface area contributed by atoms with Gasteiger partial charge in [0.2, 0.25) is 11.6 Å². The molecule has 2 aromatic carbocycles. The predicted molar refractivity (Wildman–Crippen MR) is 124 cm³/mol. The van der Waals surface area contributed by atoms with Gasteiger partial charge in [-0.3, -0.25) is 4.79 Å². The highest BCUT2D eigenvalue weighted by Gasteiger charge is 2.24. The van der Waals surface area contributed by atoms with E-state index in [1.165, 1.54) is 11.8 Å². The first-order chi connectivity index (χ1) is 17.0. The van der Waals surface area contributed by atoms with Crippen molar-refractivity contribution in [3.05, 3.63) is 65.5 Å². The molecule has 0 unspecified atom stereocenters. The molecular formula is C22H22N8O5. The SMILES string of the molecule is COc1ccc(/C(C)=N/NC(=O)c2nnn(-c3nonc3N)c2COc2ccccc2)cc1OC. The van der Waals surface area contributed by atoms with Gasteiger partial charge in [0.05, 0.1) is 19.9 Å². The van der Waals surface area contributed by atoms with Gasteiger partial charge in [-0.05, 0) is 47.6 Å². The predicted octanol–water partition coefficient (Wildman–Crippen LogP) is 1.98. The lowest BCUT2D eigenvalue weighted by atomic mass is 10.1. The molecule has 0 aliphatic carbocycles. The van der Waals surface area contributed by atoms with E-state index >= 15 is 0 Å². The Kier molecular flexibility index (Phi) is 6.86. The first-order valence-corrected chi connectivity index (χ1v) is 10.3. The molecule has 2 heterocycles. The summed E-state index contributed by atoms with van der Waals surface area (Å²) in [5, 5.41) is 19.4. The molecule has 0 saturated carbocycles. The van der Waals surface area contributed by atoms with E-state index in [0.29, 0.717) is 23.0 Å². The number of hydrogen-bond acceptors (Lipinski definition) is 11. The van der Waals surface area contributed by atoms with Crippen molar-refractivity contribution in [2.24, 2.45) is 5.10 Å². The number of hydrazone groups is 1. The lowest BCUT2D eigenvalue weighted by Crippen LogP contribution is -2.22. The van der Waals surface area contributed by atoms with Crippen molar-refractivity contribution in [3.8, 4) is 23.1 Å². The average Bonchev–Trinajstić information content (AvgIpc) is 3.51. The number of amides is 1. The molecule has 0 saturated heterocycles. The molecule has 180 valence electrons. The van der Waals surface area contributed by atoms with Gasteiger partial charge in [0.1, 0.15) is 18.1 Å². The zero-order chi connectivity index (χ0) is 24.8. The molecule has 1 amide bonds. The van der Waals surface area contributed by atoms with Crippen LogP contribution in [0.3, 0.4) is 0 Å². The Morgan fingerprint density at radius 2 is 1.89 bits per heavy atom. The van der Waals surface area contributed by atoms with E-state index in [-0.39, 0.29) is 29.6 Å². The minimum Gasteiger partial charge on any atom is -0.493 e. The van der Waals surface area contributed by atoms with E-state index in [2.05, 4.69) is 35.8 Å². The number of nitrogens with one attached hydrogen (secondary N) is 1. The van der Waals surface area contributed by atoms with E-state index in [9.17, 15) is 4.79 Å². The molecule has 0 spiro atoms. The molecule has 4 rings (SSSR count). The number of nitrogens with two attached hydrogens (primary N) is 1. The number of nitrogen functional groups attached to an aromatic ring is 1. The zero-order valence-electron chi connectivity index (χ0n) is 19.1. The first-order valence-electron chi connectivity index (χ1n) is 10.3. The number of hydrogen-bond donors (Lipinski definition) is 2. The van der Waals surface area contributed by atoms with Crippen LogP contribution in [-0.4, -0.2) is 51.1 Å². The lowest BCUT2D eigenvalue weighted by molar-refractivity contribution is 0.0947. The quantitative estimate of drug-likeness (QED) is 0.268. The van der Waals surface area contributed by atoms with E-state index in [0.717, 1.165) is 5.56 Å². The highest BCUT2D eigenvalue weighted by atomic mass is 16.6. The number of nitrogens with zero attached hydrogens (tertiary/aromatic N) is 6. The average molecular weight is 478 g/mol. The van der Waals surface area contributed by atoms with Gasteiger partial charge in [-0.2, -0.15) is 9.78 Å². The standard InChI is InChI=1S/C22H22N8O5/c1-13(14-9-10-17(32-2)18(11-14)33-3)24-26-22(31)19-16(12-34-15-7-5-4-6-8-15)30(29-25-19)21-20(23)27-35-28-21/h4-11H,12H2,1-3H3,(H2,23,27)(H,26,31)/b24-13+. The molecule has 0 atom stereocenters. The van der Waals surface area contributed by atoms with Crippen LogP contribution in [-0.2, 0) is 6.61 Å². The Bertz CT molecular complexity index is 1350. The van der Waals surface area contributed by atoms with Gasteiger partial charge in [0, 0.05) is 5.56 Å². The monoisotopic (exact) mass is 478 g/mol. The Morgan fingerprint density at radius 3 is 2.57 bits per heavy atom. The summed E-state index contributed by atoms with van der Waals surface area (Å²) in [5.41, 5.74) is 9.78. The normalized spacial score (nSPS) is 11.2.